The fourth-order valence-corrected chi connectivity index (χ4v) is 2.83. The summed E-state index contributed by atoms with van der Waals surface area (Å²) in [6.45, 7) is 3.97. The zero-order valence-corrected chi connectivity index (χ0v) is 10.9. The molecule has 1 saturated carbocycles. The van der Waals surface area contributed by atoms with Crippen molar-refractivity contribution in [2.24, 2.45) is 0 Å². The van der Waals surface area contributed by atoms with E-state index in [1.807, 2.05) is 6.92 Å². The van der Waals surface area contributed by atoms with Gasteiger partial charge < -0.3 is 10.2 Å². The molecule has 1 fully saturated rings. The van der Waals surface area contributed by atoms with E-state index in [0.29, 0.717) is 0 Å². The van der Waals surface area contributed by atoms with Crippen LogP contribution in [0.4, 0.5) is 5.13 Å². The molecule has 0 radical (unpaired) electrons. The van der Waals surface area contributed by atoms with Crippen LogP contribution in [0.15, 0.2) is 0 Å². The Balaban J connectivity index is 1.67. The third kappa shape index (κ3) is 3.15. The van der Waals surface area contributed by atoms with Gasteiger partial charge in [0.25, 0.3) is 0 Å². The van der Waals surface area contributed by atoms with E-state index in [1.54, 1.807) is 0 Å². The number of anilines is 1. The van der Waals surface area contributed by atoms with E-state index in [9.17, 15) is 0 Å². The van der Waals surface area contributed by atoms with Crippen molar-refractivity contribution >= 4 is 16.7 Å². The topological polar surface area (TPSA) is 41.1 Å². The Labute approximate surface area is 101 Å². The van der Waals surface area contributed by atoms with Crippen LogP contribution in [-0.2, 0) is 0 Å². The molecular formula is C11H20N4S. The van der Waals surface area contributed by atoms with E-state index in [-0.39, 0.29) is 0 Å². The van der Waals surface area contributed by atoms with Gasteiger partial charge in [-0.05, 0) is 26.8 Å². The molecule has 1 aliphatic carbocycles. The molecule has 0 amide bonds. The number of likely N-dealkylation sites (N-methyl/N-ethyl adjacent to an activating group) is 1. The standard InChI is InChI=1S/C11H20N4S/c1-9-13-11(16-14-9)12-7-8-15(2)10-5-3-4-6-10/h10H,3-8H2,1-2H3,(H,12,13,14). The molecule has 0 aliphatic heterocycles. The van der Waals surface area contributed by atoms with Gasteiger partial charge in [0.1, 0.15) is 5.82 Å². The Morgan fingerprint density at radius 3 is 2.81 bits per heavy atom. The lowest BCUT2D eigenvalue weighted by molar-refractivity contribution is 0.254. The second-order valence-corrected chi connectivity index (χ2v) is 5.24. The minimum Gasteiger partial charge on any atom is -0.359 e. The highest BCUT2D eigenvalue weighted by molar-refractivity contribution is 7.09. The monoisotopic (exact) mass is 240 g/mol. The molecule has 16 heavy (non-hydrogen) atoms. The summed E-state index contributed by atoms with van der Waals surface area (Å²) in [6.07, 6.45) is 5.54. The van der Waals surface area contributed by atoms with Crippen molar-refractivity contribution in [1.29, 1.82) is 0 Å². The highest BCUT2D eigenvalue weighted by Gasteiger charge is 2.18. The van der Waals surface area contributed by atoms with Gasteiger partial charge in [-0.2, -0.15) is 4.37 Å². The summed E-state index contributed by atoms with van der Waals surface area (Å²) < 4.78 is 4.15. The Bertz CT molecular complexity index is 320. The lowest BCUT2D eigenvalue weighted by Crippen LogP contribution is -2.33. The molecule has 2 rings (SSSR count). The first-order valence-electron chi connectivity index (χ1n) is 6.00. The molecule has 0 saturated heterocycles. The van der Waals surface area contributed by atoms with Gasteiger partial charge in [0.2, 0.25) is 5.13 Å². The summed E-state index contributed by atoms with van der Waals surface area (Å²) in [5, 5.41) is 4.27. The van der Waals surface area contributed by atoms with E-state index < -0.39 is 0 Å². The first-order chi connectivity index (χ1) is 7.75. The summed E-state index contributed by atoms with van der Waals surface area (Å²) in [7, 11) is 2.23. The predicted octanol–water partition coefficient (Wildman–Crippen LogP) is 2.13. The van der Waals surface area contributed by atoms with E-state index in [4.69, 9.17) is 0 Å². The number of rotatable bonds is 5. The second-order valence-electron chi connectivity index (χ2n) is 4.49. The van der Waals surface area contributed by atoms with Gasteiger partial charge in [-0.3, -0.25) is 0 Å². The van der Waals surface area contributed by atoms with Gasteiger partial charge in [-0.25, -0.2) is 4.98 Å². The first kappa shape index (κ1) is 11.8. The quantitative estimate of drug-likeness (QED) is 0.856. The molecular weight excluding hydrogens is 220 g/mol. The fraction of sp³-hybridized carbons (Fsp3) is 0.818. The van der Waals surface area contributed by atoms with E-state index in [2.05, 4.69) is 26.6 Å². The zero-order chi connectivity index (χ0) is 11.4. The van der Waals surface area contributed by atoms with Crippen molar-refractivity contribution in [2.75, 3.05) is 25.5 Å². The maximum atomic E-state index is 4.28. The van der Waals surface area contributed by atoms with Crippen LogP contribution in [0.2, 0.25) is 0 Å². The Hall–Kier alpha value is -0.680. The predicted molar refractivity (Wildman–Crippen MR) is 68.0 cm³/mol. The van der Waals surface area contributed by atoms with Gasteiger partial charge in [0, 0.05) is 30.7 Å². The zero-order valence-electron chi connectivity index (χ0n) is 10.1. The maximum absolute atomic E-state index is 4.28. The second kappa shape index (κ2) is 5.59. The number of hydrogen-bond donors (Lipinski definition) is 1. The lowest BCUT2D eigenvalue weighted by Gasteiger charge is -2.23. The molecule has 0 atom stereocenters. The third-order valence-corrected chi connectivity index (χ3v) is 3.98. The summed E-state index contributed by atoms with van der Waals surface area (Å²) in [6, 6.07) is 0.804. The number of aryl methyl sites for hydroxylation is 1. The molecule has 0 aromatic carbocycles. The first-order valence-corrected chi connectivity index (χ1v) is 6.77. The Morgan fingerprint density at radius 2 is 2.19 bits per heavy atom. The van der Waals surface area contributed by atoms with Crippen LogP contribution in [0.5, 0.6) is 0 Å². The van der Waals surface area contributed by atoms with Crippen molar-refractivity contribution < 1.29 is 0 Å². The lowest BCUT2D eigenvalue weighted by atomic mass is 10.2. The number of aromatic nitrogens is 2. The average molecular weight is 240 g/mol. The molecule has 0 spiro atoms. The molecule has 1 aliphatic rings. The van der Waals surface area contributed by atoms with Crippen LogP contribution < -0.4 is 5.32 Å². The largest absolute Gasteiger partial charge is 0.359 e. The van der Waals surface area contributed by atoms with Crippen LogP contribution in [0, 0.1) is 6.92 Å². The van der Waals surface area contributed by atoms with Gasteiger partial charge in [0.05, 0.1) is 0 Å². The van der Waals surface area contributed by atoms with Gasteiger partial charge >= 0.3 is 0 Å². The van der Waals surface area contributed by atoms with Crippen molar-refractivity contribution in [2.45, 2.75) is 38.6 Å². The van der Waals surface area contributed by atoms with Crippen molar-refractivity contribution in [1.82, 2.24) is 14.3 Å². The normalized spacial score (nSPS) is 17.2. The van der Waals surface area contributed by atoms with Gasteiger partial charge in [-0.1, -0.05) is 12.8 Å². The van der Waals surface area contributed by atoms with Crippen molar-refractivity contribution in [3.8, 4) is 0 Å². The summed E-state index contributed by atoms with van der Waals surface area (Å²) >= 11 is 1.44. The minimum absolute atomic E-state index is 0.804. The fourth-order valence-electron chi connectivity index (χ4n) is 2.24. The molecule has 90 valence electrons. The molecule has 4 nitrogen and oxygen atoms in total. The minimum atomic E-state index is 0.804. The van der Waals surface area contributed by atoms with E-state index >= 15 is 0 Å². The highest BCUT2D eigenvalue weighted by Crippen LogP contribution is 2.22. The number of hydrogen-bond acceptors (Lipinski definition) is 5. The molecule has 1 aromatic rings. The van der Waals surface area contributed by atoms with Crippen LogP contribution >= 0.6 is 11.5 Å². The Kier molecular flexibility index (Phi) is 4.12. The molecule has 1 heterocycles. The van der Waals surface area contributed by atoms with Crippen LogP contribution in [-0.4, -0.2) is 40.4 Å². The molecule has 5 heteroatoms. The van der Waals surface area contributed by atoms with E-state index in [0.717, 1.165) is 30.1 Å². The highest BCUT2D eigenvalue weighted by atomic mass is 32.1. The molecule has 1 N–H and O–H groups in total. The van der Waals surface area contributed by atoms with E-state index in [1.165, 1.54) is 37.2 Å². The molecule has 0 unspecified atom stereocenters. The summed E-state index contributed by atoms with van der Waals surface area (Å²) in [5.74, 6) is 0.858. The van der Waals surface area contributed by atoms with Crippen LogP contribution in [0.1, 0.15) is 31.5 Å². The van der Waals surface area contributed by atoms with Crippen LogP contribution in [0.25, 0.3) is 0 Å². The van der Waals surface area contributed by atoms with Crippen LogP contribution in [0.3, 0.4) is 0 Å². The average Bonchev–Trinajstić information content (AvgIpc) is 2.89. The van der Waals surface area contributed by atoms with Gasteiger partial charge in [-0.15, -0.1) is 0 Å². The van der Waals surface area contributed by atoms with Crippen molar-refractivity contribution in [3.63, 3.8) is 0 Å². The number of nitrogens with one attached hydrogen (secondary N) is 1. The number of nitrogens with zero attached hydrogens (tertiary/aromatic N) is 3. The molecule has 0 bridgehead atoms. The summed E-state index contributed by atoms with van der Waals surface area (Å²) in [5.41, 5.74) is 0. The smallest absolute Gasteiger partial charge is 0.202 e. The maximum Gasteiger partial charge on any atom is 0.202 e. The SMILES string of the molecule is Cc1nsc(NCCN(C)C2CCCC2)n1. The molecule has 1 aromatic heterocycles. The Morgan fingerprint density at radius 1 is 1.44 bits per heavy atom. The summed E-state index contributed by atoms with van der Waals surface area (Å²) in [4.78, 5) is 6.75. The third-order valence-electron chi connectivity index (χ3n) is 3.22. The van der Waals surface area contributed by atoms with Gasteiger partial charge in [0.15, 0.2) is 0 Å². The van der Waals surface area contributed by atoms with Crippen molar-refractivity contribution in [3.05, 3.63) is 5.82 Å².